The fourth-order valence-electron chi connectivity index (χ4n) is 1.11. The van der Waals surface area contributed by atoms with E-state index in [1.165, 1.54) is 0 Å². The van der Waals surface area contributed by atoms with Crippen LogP contribution in [0.25, 0.3) is 0 Å². The fourth-order valence-corrected chi connectivity index (χ4v) is 1.11. The van der Waals surface area contributed by atoms with Gasteiger partial charge in [-0.2, -0.15) is 5.26 Å². The summed E-state index contributed by atoms with van der Waals surface area (Å²) < 4.78 is 0. The first-order valence-electron chi connectivity index (χ1n) is 3.35. The lowest BCUT2D eigenvalue weighted by Gasteiger charge is -2.12. The highest BCUT2D eigenvalue weighted by Gasteiger charge is 2.46. The van der Waals surface area contributed by atoms with Crippen LogP contribution in [0, 0.1) is 22.7 Å². The van der Waals surface area contributed by atoms with Gasteiger partial charge in [0.25, 0.3) is 0 Å². The highest BCUT2D eigenvalue weighted by molar-refractivity contribution is 5.05. The maximum absolute atomic E-state index is 8.54. The van der Waals surface area contributed by atoms with Crippen molar-refractivity contribution in [3.63, 3.8) is 0 Å². The van der Waals surface area contributed by atoms with Crippen molar-refractivity contribution in [3.8, 4) is 6.07 Å². The molecule has 0 bridgehead atoms. The third-order valence-electron chi connectivity index (χ3n) is 2.41. The average molecular weight is 124 g/mol. The van der Waals surface area contributed by atoms with Crippen molar-refractivity contribution in [2.45, 2.75) is 19.8 Å². The van der Waals surface area contributed by atoms with Crippen LogP contribution in [-0.2, 0) is 0 Å². The Morgan fingerprint density at radius 3 is 2.44 bits per heavy atom. The molecule has 0 aliphatic heterocycles. The van der Waals surface area contributed by atoms with Gasteiger partial charge in [0.15, 0.2) is 0 Å². The van der Waals surface area contributed by atoms with E-state index in [9.17, 15) is 0 Å². The molecule has 2 nitrogen and oxygen atoms in total. The molecule has 0 amide bonds. The third kappa shape index (κ3) is 0.927. The molecule has 1 atom stereocenters. The molecule has 1 aliphatic rings. The van der Waals surface area contributed by atoms with E-state index in [0.29, 0.717) is 6.54 Å². The minimum atomic E-state index is 0.155. The molecule has 50 valence electrons. The molecule has 1 saturated carbocycles. The third-order valence-corrected chi connectivity index (χ3v) is 2.41. The van der Waals surface area contributed by atoms with Crippen molar-refractivity contribution in [1.82, 2.24) is 0 Å². The maximum atomic E-state index is 8.54. The van der Waals surface area contributed by atoms with Gasteiger partial charge in [-0.05, 0) is 31.7 Å². The summed E-state index contributed by atoms with van der Waals surface area (Å²) in [7, 11) is 0. The number of hydrogen-bond acceptors (Lipinski definition) is 2. The zero-order chi connectivity index (χ0) is 6.91. The summed E-state index contributed by atoms with van der Waals surface area (Å²) >= 11 is 0. The molecule has 0 saturated heterocycles. The smallest absolute Gasteiger partial charge is 0.0659 e. The van der Waals surface area contributed by atoms with E-state index in [0.717, 1.165) is 12.8 Å². The summed E-state index contributed by atoms with van der Waals surface area (Å²) in [5.74, 6) is 0.155. The number of rotatable bonds is 2. The molecular weight excluding hydrogens is 112 g/mol. The van der Waals surface area contributed by atoms with E-state index in [-0.39, 0.29) is 11.3 Å². The van der Waals surface area contributed by atoms with Crippen molar-refractivity contribution in [1.29, 1.82) is 5.26 Å². The molecule has 1 aliphatic carbocycles. The van der Waals surface area contributed by atoms with Gasteiger partial charge in [-0.25, -0.2) is 0 Å². The Kier molecular flexibility index (Phi) is 1.46. The number of nitriles is 1. The molecule has 0 radical (unpaired) electrons. The van der Waals surface area contributed by atoms with Crippen molar-refractivity contribution >= 4 is 0 Å². The van der Waals surface area contributed by atoms with Crippen molar-refractivity contribution in [3.05, 3.63) is 0 Å². The van der Waals surface area contributed by atoms with Crippen LogP contribution in [0.2, 0.25) is 0 Å². The van der Waals surface area contributed by atoms with Gasteiger partial charge in [-0.1, -0.05) is 0 Å². The van der Waals surface area contributed by atoms with Crippen LogP contribution >= 0.6 is 0 Å². The van der Waals surface area contributed by atoms with Gasteiger partial charge in [0.1, 0.15) is 0 Å². The lowest BCUT2D eigenvalue weighted by atomic mass is 9.92. The van der Waals surface area contributed by atoms with E-state index in [1.54, 1.807) is 0 Å². The van der Waals surface area contributed by atoms with Gasteiger partial charge < -0.3 is 5.73 Å². The average Bonchev–Trinajstić information content (AvgIpc) is 2.66. The van der Waals surface area contributed by atoms with Crippen molar-refractivity contribution < 1.29 is 0 Å². The highest BCUT2D eigenvalue weighted by atomic mass is 14.7. The van der Waals surface area contributed by atoms with E-state index in [1.807, 2.05) is 6.92 Å². The van der Waals surface area contributed by atoms with Crippen LogP contribution in [0.4, 0.5) is 0 Å². The minimum absolute atomic E-state index is 0.155. The van der Waals surface area contributed by atoms with E-state index in [4.69, 9.17) is 11.0 Å². The predicted octanol–water partition coefficient (Wildman–Crippen LogP) is 0.885. The van der Waals surface area contributed by atoms with Crippen molar-refractivity contribution in [2.75, 3.05) is 6.54 Å². The summed E-state index contributed by atoms with van der Waals surface area (Å²) in [6, 6.07) is 2.24. The Hall–Kier alpha value is -0.550. The molecule has 1 fully saturated rings. The Morgan fingerprint density at radius 1 is 1.78 bits per heavy atom. The zero-order valence-electron chi connectivity index (χ0n) is 5.72. The topological polar surface area (TPSA) is 49.8 Å². The molecular formula is C7H12N2. The van der Waals surface area contributed by atoms with Crippen LogP contribution in [-0.4, -0.2) is 6.54 Å². The molecule has 1 unspecified atom stereocenters. The minimum Gasteiger partial charge on any atom is -0.330 e. The summed E-state index contributed by atoms with van der Waals surface area (Å²) in [5.41, 5.74) is 5.71. The first-order valence-corrected chi connectivity index (χ1v) is 3.35. The Morgan fingerprint density at radius 2 is 2.33 bits per heavy atom. The van der Waals surface area contributed by atoms with E-state index in [2.05, 4.69) is 6.07 Å². The molecule has 2 N–H and O–H groups in total. The van der Waals surface area contributed by atoms with Crippen LogP contribution in [0.1, 0.15) is 19.8 Å². The van der Waals surface area contributed by atoms with Gasteiger partial charge in [0.05, 0.1) is 12.0 Å². The molecule has 9 heavy (non-hydrogen) atoms. The highest BCUT2D eigenvalue weighted by Crippen LogP contribution is 2.50. The van der Waals surface area contributed by atoms with Crippen LogP contribution in [0.15, 0.2) is 0 Å². The first kappa shape index (κ1) is 6.57. The van der Waals surface area contributed by atoms with Crippen molar-refractivity contribution in [2.24, 2.45) is 17.1 Å². The molecule has 0 aromatic carbocycles. The van der Waals surface area contributed by atoms with Gasteiger partial charge in [-0.15, -0.1) is 0 Å². The molecule has 0 spiro atoms. The van der Waals surface area contributed by atoms with Crippen LogP contribution in [0.3, 0.4) is 0 Å². The molecule has 2 heteroatoms. The Balaban J connectivity index is 2.51. The SMILES string of the molecule is CC(C#N)C1(CN)CC1. The van der Waals surface area contributed by atoms with Gasteiger partial charge in [-0.3, -0.25) is 0 Å². The second-order valence-corrected chi connectivity index (χ2v) is 2.92. The summed E-state index contributed by atoms with van der Waals surface area (Å²) in [4.78, 5) is 0. The lowest BCUT2D eigenvalue weighted by molar-refractivity contribution is 0.416. The summed E-state index contributed by atoms with van der Waals surface area (Å²) in [6.07, 6.45) is 2.30. The maximum Gasteiger partial charge on any atom is 0.0659 e. The largest absolute Gasteiger partial charge is 0.330 e. The Labute approximate surface area is 55.7 Å². The van der Waals surface area contributed by atoms with Gasteiger partial charge in [0.2, 0.25) is 0 Å². The molecule has 0 aromatic heterocycles. The summed E-state index contributed by atoms with van der Waals surface area (Å²) in [6.45, 7) is 2.64. The second kappa shape index (κ2) is 2.00. The normalized spacial score (nSPS) is 24.6. The Bertz CT molecular complexity index is 141. The van der Waals surface area contributed by atoms with Crippen LogP contribution in [0.5, 0.6) is 0 Å². The zero-order valence-corrected chi connectivity index (χ0v) is 5.72. The molecule has 0 aromatic rings. The molecule has 1 rings (SSSR count). The standard InChI is InChI=1S/C7H12N2/c1-6(4-8)7(5-9)2-3-7/h6H,2-3,5,9H2,1H3. The van der Waals surface area contributed by atoms with Crippen LogP contribution < -0.4 is 5.73 Å². The second-order valence-electron chi connectivity index (χ2n) is 2.92. The summed E-state index contributed by atoms with van der Waals surface area (Å²) in [5, 5.41) is 8.54. The lowest BCUT2D eigenvalue weighted by Crippen LogP contribution is -2.21. The quantitative estimate of drug-likeness (QED) is 0.594. The monoisotopic (exact) mass is 124 g/mol. The van der Waals surface area contributed by atoms with E-state index < -0.39 is 0 Å². The van der Waals surface area contributed by atoms with Gasteiger partial charge in [0, 0.05) is 0 Å². The van der Waals surface area contributed by atoms with Gasteiger partial charge >= 0.3 is 0 Å². The molecule has 0 heterocycles. The first-order chi connectivity index (χ1) is 4.25. The predicted molar refractivity (Wildman–Crippen MR) is 35.5 cm³/mol. The number of nitrogens with two attached hydrogens (primary N) is 1. The number of hydrogen-bond donors (Lipinski definition) is 1. The number of nitrogens with zero attached hydrogens (tertiary/aromatic N) is 1. The van der Waals surface area contributed by atoms with E-state index >= 15 is 0 Å². The fraction of sp³-hybridized carbons (Fsp3) is 0.857.